The van der Waals surface area contributed by atoms with E-state index in [0.717, 1.165) is 16.8 Å². The molecule has 16 heavy (non-hydrogen) atoms. The Morgan fingerprint density at radius 2 is 1.94 bits per heavy atom. The summed E-state index contributed by atoms with van der Waals surface area (Å²) < 4.78 is 0. The normalized spacial score (nSPS) is 10.1. The van der Waals surface area contributed by atoms with Gasteiger partial charge in [0.2, 0.25) is 0 Å². The van der Waals surface area contributed by atoms with Crippen LogP contribution in [0.5, 0.6) is 0 Å². The minimum Gasteiger partial charge on any atom is -0.320 e. The molecule has 1 N–H and O–H groups in total. The standard InChI is InChI=1S/C12H12N2OS/c1-8-5-9(2)7-10(6-8)14-11(15)12-13-3-4-16-12/h3-7H,1-2H3,(H,14,15). The van der Waals surface area contributed by atoms with Crippen LogP contribution in [-0.2, 0) is 0 Å². The van der Waals surface area contributed by atoms with Gasteiger partial charge in [0.1, 0.15) is 0 Å². The van der Waals surface area contributed by atoms with Gasteiger partial charge in [0.25, 0.3) is 5.91 Å². The zero-order chi connectivity index (χ0) is 11.5. The second-order valence-corrected chi connectivity index (χ2v) is 4.56. The van der Waals surface area contributed by atoms with Crippen molar-refractivity contribution >= 4 is 22.9 Å². The third kappa shape index (κ3) is 2.46. The lowest BCUT2D eigenvalue weighted by Gasteiger charge is -2.05. The number of hydrogen-bond donors (Lipinski definition) is 1. The van der Waals surface area contributed by atoms with Gasteiger partial charge < -0.3 is 5.32 Å². The summed E-state index contributed by atoms with van der Waals surface area (Å²) in [4.78, 5) is 15.7. The maximum atomic E-state index is 11.7. The molecule has 4 heteroatoms. The molecular formula is C12H12N2OS. The van der Waals surface area contributed by atoms with Crippen molar-refractivity contribution in [3.05, 3.63) is 45.9 Å². The molecule has 0 aliphatic rings. The van der Waals surface area contributed by atoms with E-state index in [-0.39, 0.29) is 5.91 Å². The van der Waals surface area contributed by atoms with E-state index in [0.29, 0.717) is 5.01 Å². The van der Waals surface area contributed by atoms with E-state index >= 15 is 0 Å². The molecule has 0 saturated carbocycles. The summed E-state index contributed by atoms with van der Waals surface area (Å²) in [6.45, 7) is 4.01. The molecule has 3 nitrogen and oxygen atoms in total. The number of hydrogen-bond acceptors (Lipinski definition) is 3. The predicted octanol–water partition coefficient (Wildman–Crippen LogP) is 3.01. The number of anilines is 1. The van der Waals surface area contributed by atoms with Gasteiger partial charge in [-0.1, -0.05) is 6.07 Å². The highest BCUT2D eigenvalue weighted by Gasteiger charge is 2.08. The third-order valence-corrected chi connectivity index (χ3v) is 2.88. The quantitative estimate of drug-likeness (QED) is 0.864. The average Bonchev–Trinajstić information content (AvgIpc) is 2.68. The minimum absolute atomic E-state index is 0.153. The first kappa shape index (κ1) is 10.8. The Balaban J connectivity index is 2.18. The van der Waals surface area contributed by atoms with Crippen molar-refractivity contribution in [2.24, 2.45) is 0 Å². The van der Waals surface area contributed by atoms with E-state index < -0.39 is 0 Å². The molecule has 0 radical (unpaired) electrons. The Bertz CT molecular complexity index is 485. The summed E-state index contributed by atoms with van der Waals surface area (Å²) >= 11 is 1.34. The number of rotatable bonds is 2. The number of carbonyl (C=O) groups excluding carboxylic acids is 1. The van der Waals surface area contributed by atoms with Crippen LogP contribution in [0.2, 0.25) is 0 Å². The fourth-order valence-corrected chi connectivity index (χ4v) is 2.10. The van der Waals surface area contributed by atoms with Crippen LogP contribution >= 0.6 is 11.3 Å². The van der Waals surface area contributed by atoms with E-state index in [1.54, 1.807) is 11.6 Å². The van der Waals surface area contributed by atoms with Crippen LogP contribution in [0.1, 0.15) is 20.9 Å². The van der Waals surface area contributed by atoms with Crippen LogP contribution in [0.3, 0.4) is 0 Å². The fraction of sp³-hybridized carbons (Fsp3) is 0.167. The lowest BCUT2D eigenvalue weighted by atomic mass is 10.1. The molecule has 0 saturated heterocycles. The van der Waals surface area contributed by atoms with Crippen molar-refractivity contribution in [1.29, 1.82) is 0 Å². The first-order valence-electron chi connectivity index (χ1n) is 4.94. The summed E-state index contributed by atoms with van der Waals surface area (Å²) in [6.07, 6.45) is 1.63. The van der Waals surface area contributed by atoms with Crippen molar-refractivity contribution in [2.75, 3.05) is 5.32 Å². The number of thiazole rings is 1. The van der Waals surface area contributed by atoms with Crippen molar-refractivity contribution in [3.8, 4) is 0 Å². The maximum absolute atomic E-state index is 11.7. The Morgan fingerprint density at radius 1 is 1.25 bits per heavy atom. The smallest absolute Gasteiger partial charge is 0.284 e. The average molecular weight is 232 g/mol. The molecule has 0 unspecified atom stereocenters. The van der Waals surface area contributed by atoms with Crippen LogP contribution < -0.4 is 5.32 Å². The second-order valence-electron chi connectivity index (χ2n) is 3.67. The van der Waals surface area contributed by atoms with E-state index in [1.165, 1.54) is 11.3 Å². The van der Waals surface area contributed by atoms with Crippen molar-refractivity contribution in [2.45, 2.75) is 13.8 Å². The fourth-order valence-electron chi connectivity index (χ4n) is 1.57. The van der Waals surface area contributed by atoms with E-state index in [2.05, 4.69) is 16.4 Å². The molecule has 1 amide bonds. The summed E-state index contributed by atoms with van der Waals surface area (Å²) in [7, 11) is 0. The van der Waals surface area contributed by atoms with Gasteiger partial charge in [0.15, 0.2) is 5.01 Å². The second kappa shape index (κ2) is 4.45. The molecule has 82 valence electrons. The molecule has 2 rings (SSSR count). The molecular weight excluding hydrogens is 220 g/mol. The zero-order valence-electron chi connectivity index (χ0n) is 9.15. The monoisotopic (exact) mass is 232 g/mol. The van der Waals surface area contributed by atoms with Gasteiger partial charge in [-0.15, -0.1) is 11.3 Å². The highest BCUT2D eigenvalue weighted by molar-refractivity contribution is 7.11. The highest BCUT2D eigenvalue weighted by Crippen LogP contribution is 2.15. The number of aromatic nitrogens is 1. The molecule has 0 fully saturated rings. The summed E-state index contributed by atoms with van der Waals surface area (Å²) in [5.41, 5.74) is 3.08. The Kier molecular flexibility index (Phi) is 3.01. The van der Waals surface area contributed by atoms with E-state index in [4.69, 9.17) is 0 Å². The van der Waals surface area contributed by atoms with Crippen LogP contribution in [0, 0.1) is 13.8 Å². The third-order valence-electron chi connectivity index (χ3n) is 2.11. The number of benzene rings is 1. The van der Waals surface area contributed by atoms with Gasteiger partial charge in [-0.3, -0.25) is 4.79 Å². The van der Waals surface area contributed by atoms with Gasteiger partial charge in [0, 0.05) is 17.3 Å². The predicted molar refractivity (Wildman–Crippen MR) is 66.0 cm³/mol. The Hall–Kier alpha value is -1.68. The first-order chi connectivity index (χ1) is 7.65. The molecule has 0 bridgehead atoms. The summed E-state index contributed by atoms with van der Waals surface area (Å²) in [6, 6.07) is 5.95. The number of nitrogens with one attached hydrogen (secondary N) is 1. The van der Waals surface area contributed by atoms with E-state index in [9.17, 15) is 4.79 Å². The van der Waals surface area contributed by atoms with Crippen LogP contribution in [-0.4, -0.2) is 10.9 Å². The minimum atomic E-state index is -0.153. The SMILES string of the molecule is Cc1cc(C)cc(NC(=O)c2nccs2)c1. The lowest BCUT2D eigenvalue weighted by molar-refractivity contribution is 0.102. The van der Waals surface area contributed by atoms with Gasteiger partial charge in [-0.05, 0) is 37.1 Å². The summed E-state index contributed by atoms with van der Waals surface area (Å²) in [5, 5.41) is 5.11. The molecule has 0 aliphatic carbocycles. The van der Waals surface area contributed by atoms with Gasteiger partial charge in [-0.2, -0.15) is 0 Å². The van der Waals surface area contributed by atoms with Crippen molar-refractivity contribution < 1.29 is 4.79 Å². The van der Waals surface area contributed by atoms with Gasteiger partial charge in [0.05, 0.1) is 0 Å². The zero-order valence-corrected chi connectivity index (χ0v) is 9.97. The van der Waals surface area contributed by atoms with Gasteiger partial charge >= 0.3 is 0 Å². The Labute approximate surface area is 98.2 Å². The number of amides is 1. The highest BCUT2D eigenvalue weighted by atomic mass is 32.1. The molecule has 1 heterocycles. The lowest BCUT2D eigenvalue weighted by Crippen LogP contribution is -2.11. The molecule has 0 spiro atoms. The van der Waals surface area contributed by atoms with E-state index in [1.807, 2.05) is 26.0 Å². The maximum Gasteiger partial charge on any atom is 0.284 e. The van der Waals surface area contributed by atoms with Gasteiger partial charge in [-0.25, -0.2) is 4.98 Å². The molecule has 0 aliphatic heterocycles. The molecule has 2 aromatic rings. The number of nitrogens with zero attached hydrogens (tertiary/aromatic N) is 1. The summed E-state index contributed by atoms with van der Waals surface area (Å²) in [5.74, 6) is -0.153. The van der Waals surface area contributed by atoms with Crippen LogP contribution in [0.25, 0.3) is 0 Å². The molecule has 1 aromatic heterocycles. The largest absolute Gasteiger partial charge is 0.320 e. The van der Waals surface area contributed by atoms with Crippen LogP contribution in [0.15, 0.2) is 29.8 Å². The number of aryl methyl sites for hydroxylation is 2. The Morgan fingerprint density at radius 3 is 2.50 bits per heavy atom. The van der Waals surface area contributed by atoms with Crippen molar-refractivity contribution in [1.82, 2.24) is 4.98 Å². The topological polar surface area (TPSA) is 42.0 Å². The van der Waals surface area contributed by atoms with Crippen molar-refractivity contribution in [3.63, 3.8) is 0 Å². The molecule has 1 aromatic carbocycles. The molecule has 0 atom stereocenters. The number of carbonyl (C=O) groups is 1. The first-order valence-corrected chi connectivity index (χ1v) is 5.82. The van der Waals surface area contributed by atoms with Crippen LogP contribution in [0.4, 0.5) is 5.69 Å².